The van der Waals surface area contributed by atoms with Crippen LogP contribution >= 0.6 is 0 Å². The number of hydrogen-bond donors (Lipinski definition) is 3. The fraction of sp³-hybridized carbons (Fsp3) is 0.188. The maximum Gasteiger partial charge on any atom is 0.0747 e. The Bertz CT molecular complexity index is 480. The van der Waals surface area contributed by atoms with Crippen LogP contribution in [-0.2, 0) is 0 Å². The van der Waals surface area contributed by atoms with E-state index in [0.717, 1.165) is 11.1 Å². The average molecular weight is 255 g/mol. The van der Waals surface area contributed by atoms with E-state index in [9.17, 15) is 0 Å². The summed E-state index contributed by atoms with van der Waals surface area (Å²) < 4.78 is 0. The predicted molar refractivity (Wildman–Crippen MR) is 81.6 cm³/mol. The molecule has 0 amide bonds. The molecule has 0 saturated heterocycles. The summed E-state index contributed by atoms with van der Waals surface area (Å²) in [4.78, 5) is 0. The lowest BCUT2D eigenvalue weighted by atomic mass is 9.97. The van der Waals surface area contributed by atoms with Crippen LogP contribution in [0.4, 0.5) is 0 Å². The fourth-order valence-electron chi connectivity index (χ4n) is 1.91. The van der Waals surface area contributed by atoms with Gasteiger partial charge in [-0.3, -0.25) is 0 Å². The third kappa shape index (κ3) is 4.02. The number of rotatable bonds is 4. The summed E-state index contributed by atoms with van der Waals surface area (Å²) >= 11 is 0. The van der Waals surface area contributed by atoms with Crippen LogP contribution in [0.3, 0.4) is 0 Å². The zero-order valence-electron chi connectivity index (χ0n) is 11.4. The predicted octanol–water partition coefficient (Wildman–Crippen LogP) is 2.59. The Labute approximate surface area is 115 Å². The van der Waals surface area contributed by atoms with E-state index in [4.69, 9.17) is 5.41 Å². The van der Waals surface area contributed by atoms with Gasteiger partial charge in [-0.15, -0.1) is 0 Å². The minimum absolute atomic E-state index is 0.0569. The fourth-order valence-corrected chi connectivity index (χ4v) is 1.91. The van der Waals surface area contributed by atoms with Crippen LogP contribution in [0.25, 0.3) is 0 Å². The highest BCUT2D eigenvalue weighted by molar-refractivity contribution is 6.02. The first kappa shape index (κ1) is 15.1. The van der Waals surface area contributed by atoms with Crippen molar-refractivity contribution in [1.29, 1.82) is 5.41 Å². The van der Waals surface area contributed by atoms with Crippen molar-refractivity contribution in [1.82, 2.24) is 5.32 Å². The zero-order chi connectivity index (χ0) is 14.1. The van der Waals surface area contributed by atoms with E-state index in [1.807, 2.05) is 67.7 Å². The summed E-state index contributed by atoms with van der Waals surface area (Å²) in [7, 11) is 3.38. The molecule has 1 unspecified atom stereocenters. The minimum Gasteiger partial charge on any atom is -0.333 e. The Balaban J connectivity index is 0.000000861. The van der Waals surface area contributed by atoms with Gasteiger partial charge in [-0.1, -0.05) is 60.7 Å². The maximum absolute atomic E-state index is 8.26. The molecule has 100 valence electrons. The van der Waals surface area contributed by atoms with Crippen molar-refractivity contribution < 1.29 is 0 Å². The molecule has 2 aromatic carbocycles. The van der Waals surface area contributed by atoms with Gasteiger partial charge in [0.2, 0.25) is 0 Å². The highest BCUT2D eigenvalue weighted by Gasteiger charge is 2.15. The number of benzene rings is 2. The van der Waals surface area contributed by atoms with Crippen molar-refractivity contribution in [3.8, 4) is 0 Å². The maximum atomic E-state index is 8.26. The van der Waals surface area contributed by atoms with Crippen molar-refractivity contribution >= 4 is 5.71 Å². The van der Waals surface area contributed by atoms with Gasteiger partial charge in [-0.25, -0.2) is 0 Å². The molecule has 0 aliphatic carbocycles. The monoisotopic (exact) mass is 255 g/mol. The molecule has 1 atom stereocenters. The topological polar surface area (TPSA) is 61.9 Å². The first-order valence-corrected chi connectivity index (χ1v) is 6.26. The lowest BCUT2D eigenvalue weighted by Crippen LogP contribution is -2.25. The van der Waals surface area contributed by atoms with Crippen LogP contribution in [0, 0.1) is 5.41 Å². The van der Waals surface area contributed by atoms with Crippen molar-refractivity contribution in [2.75, 3.05) is 14.1 Å². The van der Waals surface area contributed by atoms with Gasteiger partial charge in [0.1, 0.15) is 0 Å². The molecule has 0 aliphatic heterocycles. The van der Waals surface area contributed by atoms with Gasteiger partial charge >= 0.3 is 0 Å². The lowest BCUT2D eigenvalue weighted by Gasteiger charge is -2.18. The van der Waals surface area contributed by atoms with E-state index in [1.54, 1.807) is 0 Å². The van der Waals surface area contributed by atoms with Crippen LogP contribution in [0.2, 0.25) is 0 Å². The standard InChI is InChI=1S/C15H16N2.CH5N/c1-17-15(13-10-6-3-7-11-13)14(16)12-8-4-2-5-9-12;1-2/h2-11,15-17H,1H3;2H2,1H3. The number of nitrogens with one attached hydrogen (secondary N) is 2. The smallest absolute Gasteiger partial charge is 0.0747 e. The average Bonchev–Trinajstić information content (AvgIpc) is 2.52. The third-order valence-electron chi connectivity index (χ3n) is 2.80. The van der Waals surface area contributed by atoms with E-state index < -0.39 is 0 Å². The van der Waals surface area contributed by atoms with E-state index >= 15 is 0 Å². The van der Waals surface area contributed by atoms with Crippen LogP contribution in [0.15, 0.2) is 60.7 Å². The Morgan fingerprint density at radius 3 is 1.89 bits per heavy atom. The summed E-state index contributed by atoms with van der Waals surface area (Å²) in [6.45, 7) is 0. The van der Waals surface area contributed by atoms with Crippen molar-refractivity contribution in [3.05, 3.63) is 71.8 Å². The summed E-state index contributed by atoms with van der Waals surface area (Å²) in [5.74, 6) is 0. The molecule has 3 heteroatoms. The van der Waals surface area contributed by atoms with Gasteiger partial charge in [-0.05, 0) is 25.2 Å². The van der Waals surface area contributed by atoms with Crippen LogP contribution in [0.5, 0.6) is 0 Å². The summed E-state index contributed by atoms with van der Waals surface area (Å²) in [6.07, 6.45) is 0. The molecule has 0 bridgehead atoms. The molecule has 0 fully saturated rings. The molecule has 0 aromatic heterocycles. The SMILES string of the molecule is CN.CNC(C(=N)c1ccccc1)c1ccccc1. The highest BCUT2D eigenvalue weighted by Crippen LogP contribution is 2.17. The van der Waals surface area contributed by atoms with Gasteiger partial charge in [0.15, 0.2) is 0 Å². The molecule has 3 nitrogen and oxygen atoms in total. The van der Waals surface area contributed by atoms with Gasteiger partial charge in [0.25, 0.3) is 0 Å². The molecule has 0 radical (unpaired) electrons. The van der Waals surface area contributed by atoms with E-state index in [0.29, 0.717) is 5.71 Å². The molecule has 19 heavy (non-hydrogen) atoms. The van der Waals surface area contributed by atoms with Gasteiger partial charge in [0, 0.05) is 0 Å². The largest absolute Gasteiger partial charge is 0.333 e. The molecular weight excluding hydrogens is 234 g/mol. The Morgan fingerprint density at radius 2 is 1.42 bits per heavy atom. The van der Waals surface area contributed by atoms with Gasteiger partial charge in [0.05, 0.1) is 11.8 Å². The van der Waals surface area contributed by atoms with E-state index in [2.05, 4.69) is 11.1 Å². The van der Waals surface area contributed by atoms with E-state index in [-0.39, 0.29) is 6.04 Å². The number of likely N-dealkylation sites (N-methyl/N-ethyl adjacent to an activating group) is 1. The molecule has 0 aliphatic rings. The second kappa shape index (κ2) is 8.19. The van der Waals surface area contributed by atoms with Crippen LogP contribution in [0.1, 0.15) is 17.2 Å². The Kier molecular flexibility index (Phi) is 6.50. The zero-order valence-corrected chi connectivity index (χ0v) is 11.4. The Morgan fingerprint density at radius 1 is 0.947 bits per heavy atom. The number of hydrogen-bond acceptors (Lipinski definition) is 3. The molecule has 0 saturated carbocycles. The first-order valence-electron chi connectivity index (χ1n) is 6.26. The van der Waals surface area contributed by atoms with Crippen LogP contribution in [-0.4, -0.2) is 19.8 Å². The van der Waals surface area contributed by atoms with Crippen molar-refractivity contribution in [3.63, 3.8) is 0 Å². The Hall–Kier alpha value is -1.97. The first-order chi connectivity index (χ1) is 9.33. The molecule has 4 N–H and O–H groups in total. The normalized spacial score (nSPS) is 11.1. The van der Waals surface area contributed by atoms with Crippen LogP contribution < -0.4 is 11.1 Å². The summed E-state index contributed by atoms with van der Waals surface area (Å²) in [5, 5.41) is 11.5. The second-order valence-electron chi connectivity index (χ2n) is 3.91. The molecule has 2 rings (SSSR count). The quantitative estimate of drug-likeness (QED) is 0.735. The summed E-state index contributed by atoms with van der Waals surface area (Å²) in [6, 6.07) is 19.8. The lowest BCUT2D eigenvalue weighted by molar-refractivity contribution is 0.746. The molecular formula is C16H21N3. The van der Waals surface area contributed by atoms with Gasteiger partial charge < -0.3 is 16.5 Å². The molecule has 0 spiro atoms. The van der Waals surface area contributed by atoms with E-state index in [1.165, 1.54) is 7.05 Å². The summed E-state index contributed by atoms with van der Waals surface area (Å²) in [5.41, 5.74) is 7.17. The molecule has 0 heterocycles. The van der Waals surface area contributed by atoms with Gasteiger partial charge in [-0.2, -0.15) is 0 Å². The third-order valence-corrected chi connectivity index (χ3v) is 2.80. The number of nitrogens with two attached hydrogens (primary N) is 1. The second-order valence-corrected chi connectivity index (χ2v) is 3.91. The minimum atomic E-state index is -0.0569. The van der Waals surface area contributed by atoms with Crippen molar-refractivity contribution in [2.45, 2.75) is 6.04 Å². The highest BCUT2D eigenvalue weighted by atomic mass is 14.9. The molecule has 2 aromatic rings. The van der Waals surface area contributed by atoms with Crippen molar-refractivity contribution in [2.24, 2.45) is 5.73 Å².